The Kier molecular flexibility index (Phi) is 3.72. The van der Waals surface area contributed by atoms with Crippen molar-refractivity contribution in [2.75, 3.05) is 13.2 Å². The molecule has 132 valence electrons. The number of allylic oxidation sites excluding steroid dienone is 2. The molecule has 4 rings (SSSR count). The smallest absolute Gasteiger partial charge is 0.334 e. The fourth-order valence-corrected chi connectivity index (χ4v) is 6.16. The van der Waals surface area contributed by atoms with Crippen LogP contribution in [0.1, 0.15) is 52.9 Å². The van der Waals surface area contributed by atoms with Crippen LogP contribution in [0.4, 0.5) is 0 Å². The van der Waals surface area contributed by atoms with Crippen LogP contribution < -0.4 is 0 Å². The van der Waals surface area contributed by atoms with E-state index in [1.807, 2.05) is 0 Å². The number of esters is 1. The van der Waals surface area contributed by atoms with Gasteiger partial charge >= 0.3 is 5.97 Å². The molecule has 2 aliphatic carbocycles. The maximum absolute atomic E-state index is 11.9. The van der Waals surface area contributed by atoms with E-state index in [9.17, 15) is 4.79 Å². The molecule has 4 fully saturated rings. The first kappa shape index (κ1) is 16.4. The highest BCUT2D eigenvalue weighted by Gasteiger charge is 2.61. The second-order valence-electron chi connectivity index (χ2n) is 9.05. The molecule has 0 radical (unpaired) electrons. The number of carbonyl (C=O) groups excluding carboxylic acids is 1. The quantitative estimate of drug-likeness (QED) is 0.430. The van der Waals surface area contributed by atoms with Crippen LogP contribution in [0.25, 0.3) is 0 Å². The van der Waals surface area contributed by atoms with Crippen LogP contribution in [-0.2, 0) is 14.3 Å². The van der Waals surface area contributed by atoms with E-state index in [0.29, 0.717) is 30.0 Å². The Labute approximate surface area is 145 Å². The molecule has 0 aromatic heterocycles. The molecule has 0 unspecified atom stereocenters. The second kappa shape index (κ2) is 5.45. The van der Waals surface area contributed by atoms with Gasteiger partial charge in [0.1, 0.15) is 0 Å². The van der Waals surface area contributed by atoms with E-state index in [2.05, 4.69) is 33.4 Å². The molecule has 0 bridgehead atoms. The summed E-state index contributed by atoms with van der Waals surface area (Å²) in [7, 11) is 0. The van der Waals surface area contributed by atoms with E-state index in [4.69, 9.17) is 9.47 Å². The van der Waals surface area contributed by atoms with E-state index >= 15 is 0 Å². The standard InChI is InChI=1S/C21H30O3/c1-13-5-8-17-20(3,10-9-18-21(17,4)12-24-18)16(13)7-6-15-14(2)11-23-19(15)22/h6,14,16-18H,1,5,7-12H2,2-4H3/b15-6+/t14-,16-,17+,18-,20+,21+/m1/s1. The zero-order chi connectivity index (χ0) is 17.1. The minimum absolute atomic E-state index is 0.117. The van der Waals surface area contributed by atoms with Gasteiger partial charge in [0.15, 0.2) is 0 Å². The van der Waals surface area contributed by atoms with Crippen molar-refractivity contribution >= 4 is 5.97 Å². The van der Waals surface area contributed by atoms with Crippen molar-refractivity contribution in [3.8, 4) is 0 Å². The minimum atomic E-state index is -0.117. The van der Waals surface area contributed by atoms with Crippen LogP contribution in [-0.4, -0.2) is 25.3 Å². The van der Waals surface area contributed by atoms with Crippen molar-refractivity contribution in [3.05, 3.63) is 23.8 Å². The summed E-state index contributed by atoms with van der Waals surface area (Å²) in [5.74, 6) is 1.29. The largest absolute Gasteiger partial charge is 0.462 e. The SMILES string of the molecule is C=C1CC[C@@H]2[C@]3(C)CO[C@@H]3CC[C@@]2(C)[C@@H]1C/C=C1/C(=O)OC[C@H]1C. The molecular weight excluding hydrogens is 300 g/mol. The maximum atomic E-state index is 11.9. The van der Waals surface area contributed by atoms with Crippen LogP contribution in [0.3, 0.4) is 0 Å². The van der Waals surface area contributed by atoms with Gasteiger partial charge in [0.05, 0.1) is 19.3 Å². The second-order valence-corrected chi connectivity index (χ2v) is 9.05. The average molecular weight is 330 g/mol. The highest BCUT2D eigenvalue weighted by atomic mass is 16.5. The lowest BCUT2D eigenvalue weighted by Gasteiger charge is -2.65. The Bertz CT molecular complexity index is 606. The lowest BCUT2D eigenvalue weighted by atomic mass is 9.45. The molecular formula is C21H30O3. The van der Waals surface area contributed by atoms with Crippen LogP contribution in [0.15, 0.2) is 23.8 Å². The number of fused-ring (bicyclic) bond motifs is 3. The van der Waals surface area contributed by atoms with Gasteiger partial charge < -0.3 is 9.47 Å². The summed E-state index contributed by atoms with van der Waals surface area (Å²) in [5.41, 5.74) is 2.89. The third-order valence-electron chi connectivity index (χ3n) is 7.72. The molecule has 3 nitrogen and oxygen atoms in total. The van der Waals surface area contributed by atoms with Gasteiger partial charge in [-0.1, -0.05) is 39.0 Å². The topological polar surface area (TPSA) is 35.5 Å². The molecule has 6 atom stereocenters. The Balaban J connectivity index is 1.60. The van der Waals surface area contributed by atoms with Crippen LogP contribution in [0.5, 0.6) is 0 Å². The molecule has 3 heteroatoms. The van der Waals surface area contributed by atoms with E-state index < -0.39 is 0 Å². The summed E-state index contributed by atoms with van der Waals surface area (Å²) in [6, 6.07) is 0. The molecule has 2 heterocycles. The minimum Gasteiger partial charge on any atom is -0.462 e. The van der Waals surface area contributed by atoms with Gasteiger partial charge in [-0.25, -0.2) is 4.79 Å². The first-order valence-electron chi connectivity index (χ1n) is 9.52. The highest BCUT2D eigenvalue weighted by Crippen LogP contribution is 2.64. The Hall–Kier alpha value is -1.09. The lowest BCUT2D eigenvalue weighted by Crippen LogP contribution is -2.64. The first-order valence-corrected chi connectivity index (χ1v) is 9.52. The van der Waals surface area contributed by atoms with E-state index in [1.165, 1.54) is 24.8 Å². The predicted octanol–water partition coefficient (Wildman–Crippen LogP) is 4.28. The first-order chi connectivity index (χ1) is 11.4. The lowest BCUT2D eigenvalue weighted by molar-refractivity contribution is -0.262. The Morgan fingerprint density at radius 3 is 2.71 bits per heavy atom. The van der Waals surface area contributed by atoms with Crippen molar-refractivity contribution in [2.45, 2.75) is 59.0 Å². The third kappa shape index (κ3) is 2.16. The summed E-state index contributed by atoms with van der Waals surface area (Å²) < 4.78 is 11.1. The van der Waals surface area contributed by atoms with Crippen LogP contribution in [0, 0.1) is 28.6 Å². The Morgan fingerprint density at radius 1 is 1.29 bits per heavy atom. The van der Waals surface area contributed by atoms with Crippen molar-refractivity contribution in [1.82, 2.24) is 0 Å². The fraction of sp³-hybridized carbons (Fsp3) is 0.762. The van der Waals surface area contributed by atoms with Gasteiger partial charge in [-0.15, -0.1) is 0 Å². The van der Waals surface area contributed by atoms with Gasteiger partial charge in [0.2, 0.25) is 0 Å². The van der Waals surface area contributed by atoms with Crippen molar-refractivity contribution in [3.63, 3.8) is 0 Å². The molecule has 0 aromatic carbocycles. The molecule has 0 spiro atoms. The number of rotatable bonds is 2. The summed E-state index contributed by atoms with van der Waals surface area (Å²) in [6.07, 6.45) is 8.31. The number of hydrogen-bond acceptors (Lipinski definition) is 3. The highest BCUT2D eigenvalue weighted by molar-refractivity contribution is 5.90. The van der Waals surface area contributed by atoms with Gasteiger partial charge in [-0.05, 0) is 49.4 Å². The zero-order valence-corrected chi connectivity index (χ0v) is 15.3. The fourth-order valence-electron chi connectivity index (χ4n) is 6.16. The summed E-state index contributed by atoms with van der Waals surface area (Å²) in [4.78, 5) is 11.9. The monoisotopic (exact) mass is 330 g/mol. The Morgan fingerprint density at radius 2 is 2.08 bits per heavy atom. The number of carbonyl (C=O) groups is 1. The molecule has 0 aromatic rings. The van der Waals surface area contributed by atoms with Crippen molar-refractivity contribution in [2.24, 2.45) is 28.6 Å². The average Bonchev–Trinajstić information content (AvgIpc) is 2.83. The summed E-state index contributed by atoms with van der Waals surface area (Å²) >= 11 is 0. The van der Waals surface area contributed by atoms with Gasteiger partial charge in [-0.2, -0.15) is 0 Å². The van der Waals surface area contributed by atoms with Crippen LogP contribution in [0.2, 0.25) is 0 Å². The normalized spacial score (nSPS) is 49.4. The van der Waals surface area contributed by atoms with Gasteiger partial charge in [0.25, 0.3) is 0 Å². The third-order valence-corrected chi connectivity index (χ3v) is 7.72. The zero-order valence-electron chi connectivity index (χ0n) is 15.3. The number of hydrogen-bond donors (Lipinski definition) is 0. The van der Waals surface area contributed by atoms with Crippen LogP contribution >= 0.6 is 0 Å². The predicted molar refractivity (Wildman–Crippen MR) is 93.4 cm³/mol. The number of ether oxygens (including phenoxy) is 2. The van der Waals surface area contributed by atoms with E-state index in [-0.39, 0.29) is 17.3 Å². The molecule has 2 saturated heterocycles. The summed E-state index contributed by atoms with van der Waals surface area (Å²) in [5, 5.41) is 0. The molecule has 0 N–H and O–H groups in total. The van der Waals surface area contributed by atoms with Gasteiger partial charge in [-0.3, -0.25) is 0 Å². The maximum Gasteiger partial charge on any atom is 0.334 e. The molecule has 4 aliphatic rings. The summed E-state index contributed by atoms with van der Waals surface area (Å²) in [6.45, 7) is 12.9. The molecule has 2 saturated carbocycles. The molecule has 0 amide bonds. The van der Waals surface area contributed by atoms with Gasteiger partial charge in [0, 0.05) is 16.9 Å². The number of cyclic esters (lactones) is 1. The van der Waals surface area contributed by atoms with Crippen molar-refractivity contribution < 1.29 is 14.3 Å². The van der Waals surface area contributed by atoms with E-state index in [0.717, 1.165) is 25.0 Å². The molecule has 24 heavy (non-hydrogen) atoms. The van der Waals surface area contributed by atoms with E-state index in [1.54, 1.807) is 0 Å². The van der Waals surface area contributed by atoms with Crippen molar-refractivity contribution in [1.29, 1.82) is 0 Å². The molecule has 2 aliphatic heterocycles.